The summed E-state index contributed by atoms with van der Waals surface area (Å²) in [4.78, 5) is 16.8. The molecule has 2 saturated heterocycles. The fourth-order valence-electron chi connectivity index (χ4n) is 3.16. The monoisotopic (exact) mass is 323 g/mol. The summed E-state index contributed by atoms with van der Waals surface area (Å²) in [6, 6.07) is 0.195. The maximum absolute atomic E-state index is 12.4. The van der Waals surface area contributed by atoms with Crippen LogP contribution in [0.15, 0.2) is 0 Å². The molecule has 1 aromatic rings. The molecule has 2 aliphatic rings. The average Bonchev–Trinajstić information content (AvgIpc) is 3.01. The molecule has 0 aliphatic carbocycles. The van der Waals surface area contributed by atoms with E-state index in [-0.39, 0.29) is 18.1 Å². The van der Waals surface area contributed by atoms with Crippen LogP contribution in [-0.2, 0) is 16.6 Å². The van der Waals surface area contributed by atoms with Gasteiger partial charge < -0.3 is 15.0 Å². The highest BCUT2D eigenvalue weighted by molar-refractivity contribution is 5.81. The highest BCUT2D eigenvalue weighted by atomic mass is 16.5. The fraction of sp³-hybridized carbons (Fsp3) is 0.857. The number of nitrogens with one attached hydrogen (secondary N) is 1. The van der Waals surface area contributed by atoms with Gasteiger partial charge in [-0.25, -0.2) is 4.68 Å². The minimum atomic E-state index is -0.343. The summed E-state index contributed by atoms with van der Waals surface area (Å²) in [7, 11) is 1.84. The number of anilines is 1. The molecular weight excluding hydrogens is 298 g/mol. The van der Waals surface area contributed by atoms with Crippen molar-refractivity contribution in [2.75, 3.05) is 44.2 Å². The van der Waals surface area contributed by atoms with Crippen LogP contribution in [-0.4, -0.2) is 82.5 Å². The molecular formula is C14H25N7O2. The number of likely N-dealkylation sites (N-methyl/N-ethyl adjacent to an activating group) is 1. The predicted molar refractivity (Wildman–Crippen MR) is 84.0 cm³/mol. The van der Waals surface area contributed by atoms with Crippen LogP contribution in [0.4, 0.5) is 5.95 Å². The number of aryl methyl sites for hydroxylation is 1. The van der Waals surface area contributed by atoms with Crippen molar-refractivity contribution in [2.24, 2.45) is 7.05 Å². The Morgan fingerprint density at radius 2 is 2.13 bits per heavy atom. The van der Waals surface area contributed by atoms with E-state index in [0.29, 0.717) is 13.2 Å². The van der Waals surface area contributed by atoms with Crippen molar-refractivity contribution >= 4 is 11.9 Å². The van der Waals surface area contributed by atoms with Gasteiger partial charge in [0.2, 0.25) is 5.95 Å². The van der Waals surface area contributed by atoms with Crippen molar-refractivity contribution < 1.29 is 9.53 Å². The molecule has 1 atom stereocenters. The molecule has 1 N–H and O–H groups in total. The second-order valence-electron chi connectivity index (χ2n) is 6.13. The SMILES string of the molecule is CCN1CCOC(C(=O)NC2CCN(c3nnnn3C)CC2)C1. The predicted octanol–water partition coefficient (Wildman–Crippen LogP) is -0.984. The lowest BCUT2D eigenvalue weighted by Crippen LogP contribution is -2.53. The van der Waals surface area contributed by atoms with Gasteiger partial charge in [-0.15, -0.1) is 0 Å². The Morgan fingerprint density at radius 1 is 1.35 bits per heavy atom. The molecule has 0 bridgehead atoms. The summed E-state index contributed by atoms with van der Waals surface area (Å²) < 4.78 is 7.29. The van der Waals surface area contributed by atoms with Gasteiger partial charge in [0.1, 0.15) is 6.10 Å². The first kappa shape index (κ1) is 16.1. The maximum Gasteiger partial charge on any atom is 0.250 e. The minimum Gasteiger partial charge on any atom is -0.366 e. The van der Waals surface area contributed by atoms with Crippen LogP contribution in [0.5, 0.6) is 0 Å². The molecule has 0 spiro atoms. The lowest BCUT2D eigenvalue weighted by Gasteiger charge is -2.35. The van der Waals surface area contributed by atoms with Crippen molar-refractivity contribution in [1.82, 2.24) is 30.4 Å². The number of nitrogens with zero attached hydrogens (tertiary/aromatic N) is 6. The van der Waals surface area contributed by atoms with Crippen LogP contribution in [0.25, 0.3) is 0 Å². The molecule has 9 nitrogen and oxygen atoms in total. The van der Waals surface area contributed by atoms with Crippen LogP contribution < -0.4 is 10.2 Å². The molecule has 3 heterocycles. The number of rotatable bonds is 4. The first-order valence-corrected chi connectivity index (χ1v) is 8.29. The van der Waals surface area contributed by atoms with Crippen molar-refractivity contribution in [2.45, 2.75) is 31.9 Å². The number of carbonyl (C=O) groups excluding carboxylic acids is 1. The van der Waals surface area contributed by atoms with Crippen LogP contribution in [0, 0.1) is 0 Å². The quantitative estimate of drug-likeness (QED) is 0.761. The molecule has 0 saturated carbocycles. The van der Waals surface area contributed by atoms with Gasteiger partial charge in [0.25, 0.3) is 5.91 Å². The van der Waals surface area contributed by atoms with Gasteiger partial charge in [-0.3, -0.25) is 9.69 Å². The van der Waals surface area contributed by atoms with Crippen molar-refractivity contribution in [3.63, 3.8) is 0 Å². The smallest absolute Gasteiger partial charge is 0.250 e. The lowest BCUT2D eigenvalue weighted by molar-refractivity contribution is -0.139. The van der Waals surface area contributed by atoms with E-state index in [1.807, 2.05) is 7.05 Å². The van der Waals surface area contributed by atoms with E-state index in [0.717, 1.165) is 45.0 Å². The number of aromatic nitrogens is 4. The summed E-state index contributed by atoms with van der Waals surface area (Å²) >= 11 is 0. The van der Waals surface area contributed by atoms with E-state index in [1.54, 1.807) is 4.68 Å². The van der Waals surface area contributed by atoms with Gasteiger partial charge in [-0.1, -0.05) is 12.0 Å². The third-order valence-corrected chi connectivity index (χ3v) is 4.61. The molecule has 0 aromatic carbocycles. The van der Waals surface area contributed by atoms with Crippen molar-refractivity contribution in [3.05, 3.63) is 0 Å². The third kappa shape index (κ3) is 3.78. The van der Waals surface area contributed by atoms with Gasteiger partial charge in [-0.2, -0.15) is 0 Å². The van der Waals surface area contributed by atoms with E-state index < -0.39 is 0 Å². The van der Waals surface area contributed by atoms with Gasteiger partial charge in [0.15, 0.2) is 0 Å². The normalized spacial score (nSPS) is 23.9. The van der Waals surface area contributed by atoms with E-state index in [2.05, 4.69) is 37.6 Å². The summed E-state index contributed by atoms with van der Waals surface area (Å²) in [6.07, 6.45) is 1.44. The molecule has 2 fully saturated rings. The highest BCUT2D eigenvalue weighted by Crippen LogP contribution is 2.16. The number of hydrogen-bond donors (Lipinski definition) is 1. The van der Waals surface area contributed by atoms with E-state index in [4.69, 9.17) is 4.74 Å². The number of morpholine rings is 1. The Morgan fingerprint density at radius 3 is 2.78 bits per heavy atom. The van der Waals surface area contributed by atoms with Crippen molar-refractivity contribution in [3.8, 4) is 0 Å². The molecule has 23 heavy (non-hydrogen) atoms. The highest BCUT2D eigenvalue weighted by Gasteiger charge is 2.29. The number of tetrazole rings is 1. The van der Waals surface area contributed by atoms with E-state index in [1.165, 1.54) is 0 Å². The Bertz CT molecular complexity index is 527. The second-order valence-corrected chi connectivity index (χ2v) is 6.13. The largest absolute Gasteiger partial charge is 0.366 e. The van der Waals surface area contributed by atoms with Crippen LogP contribution in [0.2, 0.25) is 0 Å². The molecule has 2 aliphatic heterocycles. The molecule has 3 rings (SSSR count). The Kier molecular flexibility index (Phi) is 5.06. The summed E-state index contributed by atoms with van der Waals surface area (Å²) in [5.41, 5.74) is 0. The second kappa shape index (κ2) is 7.22. The molecule has 1 unspecified atom stereocenters. The molecule has 9 heteroatoms. The summed E-state index contributed by atoms with van der Waals surface area (Å²) in [5, 5.41) is 14.7. The maximum atomic E-state index is 12.4. The number of carbonyl (C=O) groups is 1. The molecule has 0 radical (unpaired) electrons. The van der Waals surface area contributed by atoms with Crippen LogP contribution >= 0.6 is 0 Å². The standard InChI is InChI=1S/C14H25N7O2/c1-3-20-8-9-23-12(10-20)13(22)15-11-4-6-21(7-5-11)14-16-17-18-19(14)2/h11-12H,3-10H2,1-2H3,(H,15,22). The molecule has 128 valence electrons. The Balaban J connectivity index is 1.47. The first-order valence-electron chi connectivity index (χ1n) is 8.29. The van der Waals surface area contributed by atoms with Gasteiger partial charge in [-0.05, 0) is 29.8 Å². The fourth-order valence-corrected chi connectivity index (χ4v) is 3.16. The van der Waals surface area contributed by atoms with Crippen molar-refractivity contribution in [1.29, 1.82) is 0 Å². The number of piperidine rings is 1. The Hall–Kier alpha value is -1.74. The zero-order valence-corrected chi connectivity index (χ0v) is 13.8. The Labute approximate surface area is 135 Å². The molecule has 1 aromatic heterocycles. The van der Waals surface area contributed by atoms with Crippen LogP contribution in [0.1, 0.15) is 19.8 Å². The lowest BCUT2D eigenvalue weighted by atomic mass is 10.0. The van der Waals surface area contributed by atoms with Gasteiger partial charge >= 0.3 is 0 Å². The first-order chi connectivity index (χ1) is 11.2. The zero-order valence-electron chi connectivity index (χ0n) is 13.8. The number of hydrogen-bond acceptors (Lipinski definition) is 7. The average molecular weight is 323 g/mol. The number of amides is 1. The van der Waals surface area contributed by atoms with E-state index >= 15 is 0 Å². The van der Waals surface area contributed by atoms with Crippen LogP contribution in [0.3, 0.4) is 0 Å². The summed E-state index contributed by atoms with van der Waals surface area (Å²) in [5.74, 6) is 0.797. The van der Waals surface area contributed by atoms with Gasteiger partial charge in [0.05, 0.1) is 6.61 Å². The molecule has 1 amide bonds. The minimum absolute atomic E-state index is 0.0157. The third-order valence-electron chi connectivity index (χ3n) is 4.61. The van der Waals surface area contributed by atoms with Gasteiger partial charge in [0, 0.05) is 39.3 Å². The zero-order chi connectivity index (χ0) is 16.2. The summed E-state index contributed by atoms with van der Waals surface area (Å²) in [6.45, 7) is 6.96. The number of ether oxygens (including phenoxy) is 1. The van der Waals surface area contributed by atoms with E-state index in [9.17, 15) is 4.79 Å². The topological polar surface area (TPSA) is 88.4 Å².